The summed E-state index contributed by atoms with van der Waals surface area (Å²) in [5.74, 6) is -0.869. The van der Waals surface area contributed by atoms with Gasteiger partial charge in [0, 0.05) is 61.4 Å². The van der Waals surface area contributed by atoms with E-state index >= 15 is 0 Å². The molecular formula is C28H32ClF3N8O3. The summed E-state index contributed by atoms with van der Waals surface area (Å²) < 4.78 is 40.9. The fraction of sp³-hybridized carbons (Fsp3) is 0.464. The number of carbonyl (C=O) groups excluding carboxylic acids is 3. The van der Waals surface area contributed by atoms with Gasteiger partial charge < -0.3 is 25.8 Å². The van der Waals surface area contributed by atoms with Crippen LogP contribution in [0.2, 0.25) is 5.02 Å². The van der Waals surface area contributed by atoms with Crippen molar-refractivity contribution in [2.24, 2.45) is 11.7 Å². The van der Waals surface area contributed by atoms with Crippen LogP contribution in [0.25, 0.3) is 0 Å². The van der Waals surface area contributed by atoms with E-state index in [1.54, 1.807) is 16.7 Å². The summed E-state index contributed by atoms with van der Waals surface area (Å²) in [6.07, 6.45) is 0.0900. The molecule has 3 heterocycles. The summed E-state index contributed by atoms with van der Waals surface area (Å²) in [7, 11) is 0. The Labute approximate surface area is 250 Å². The minimum absolute atomic E-state index is 0.0454. The van der Waals surface area contributed by atoms with Crippen LogP contribution < -0.4 is 11.1 Å². The van der Waals surface area contributed by atoms with E-state index in [0.717, 1.165) is 19.3 Å². The van der Waals surface area contributed by atoms with Crippen LogP contribution >= 0.6 is 11.6 Å². The Balaban J connectivity index is 1.22. The summed E-state index contributed by atoms with van der Waals surface area (Å²) in [5.41, 5.74) is 6.06. The molecule has 1 saturated heterocycles. The number of rotatable bonds is 8. The minimum atomic E-state index is -4.62. The Morgan fingerprint density at radius 3 is 2.47 bits per heavy atom. The summed E-state index contributed by atoms with van der Waals surface area (Å²) in [5, 5.41) is 8.87. The molecule has 2 aromatic heterocycles. The van der Waals surface area contributed by atoms with Gasteiger partial charge in [-0.15, -0.1) is 0 Å². The number of piperazine rings is 1. The molecule has 2 aliphatic rings. The van der Waals surface area contributed by atoms with Gasteiger partial charge in [0.15, 0.2) is 11.5 Å². The maximum Gasteiger partial charge on any atom is 0.435 e. The van der Waals surface area contributed by atoms with Crippen molar-refractivity contribution in [1.29, 1.82) is 0 Å². The van der Waals surface area contributed by atoms with Crippen molar-refractivity contribution in [3.8, 4) is 0 Å². The van der Waals surface area contributed by atoms with Crippen LogP contribution in [0, 0.1) is 5.92 Å². The third-order valence-corrected chi connectivity index (χ3v) is 8.19. The fourth-order valence-corrected chi connectivity index (χ4v) is 5.54. The van der Waals surface area contributed by atoms with E-state index in [-0.39, 0.29) is 40.2 Å². The SMILES string of the molecule is C[C@H](N)C(=O)N1CCN(C(=O)c2ccc(NC(=O)c3ncc(Cc4c(C(F)(F)F)n[nH]c4CC4CCC4)[nH]3)cc2Cl)CC1. The van der Waals surface area contributed by atoms with E-state index in [1.807, 2.05) is 0 Å². The molecule has 1 aliphatic carbocycles. The van der Waals surface area contributed by atoms with Gasteiger partial charge in [-0.05, 0) is 37.5 Å². The molecule has 5 N–H and O–H groups in total. The number of nitrogens with zero attached hydrogens (tertiary/aromatic N) is 4. The molecule has 3 aromatic rings. The average Bonchev–Trinajstić information content (AvgIpc) is 3.57. The zero-order chi connectivity index (χ0) is 30.9. The zero-order valence-electron chi connectivity index (χ0n) is 23.4. The maximum absolute atomic E-state index is 13.6. The van der Waals surface area contributed by atoms with Crippen LogP contribution in [0.1, 0.15) is 69.8 Å². The molecule has 1 atom stereocenters. The average molecular weight is 621 g/mol. The van der Waals surface area contributed by atoms with Gasteiger partial charge >= 0.3 is 6.18 Å². The highest BCUT2D eigenvalue weighted by Crippen LogP contribution is 2.36. The van der Waals surface area contributed by atoms with Crippen molar-refractivity contribution < 1.29 is 27.6 Å². The van der Waals surface area contributed by atoms with Crippen molar-refractivity contribution in [2.75, 3.05) is 31.5 Å². The van der Waals surface area contributed by atoms with E-state index in [9.17, 15) is 27.6 Å². The van der Waals surface area contributed by atoms with Crippen LogP contribution in [0.4, 0.5) is 18.9 Å². The van der Waals surface area contributed by atoms with Crippen LogP contribution in [-0.4, -0.2) is 79.9 Å². The summed E-state index contributed by atoms with van der Waals surface area (Å²) in [6, 6.07) is 3.83. The number of aromatic nitrogens is 4. The van der Waals surface area contributed by atoms with Gasteiger partial charge in [-0.1, -0.05) is 30.9 Å². The van der Waals surface area contributed by atoms with E-state index < -0.39 is 23.8 Å². The van der Waals surface area contributed by atoms with Crippen LogP contribution in [0.3, 0.4) is 0 Å². The standard InChI is InChI=1S/C28H32ClF3N8O3/c1-15(33)26(42)39-7-9-40(10-8-39)27(43)19-6-5-17(13-21(19)29)36-25(41)24-34-14-18(35-24)12-20-22(11-16-3-2-4-16)37-38-23(20)28(30,31)32/h5-6,13-16H,2-4,7-12,33H2,1H3,(H,34,35)(H,36,41)(H,37,38)/t15-/m0/s1. The lowest BCUT2D eigenvalue weighted by molar-refractivity contribution is -0.141. The molecule has 0 bridgehead atoms. The first-order chi connectivity index (χ1) is 20.4. The van der Waals surface area contributed by atoms with Gasteiger partial charge in [-0.2, -0.15) is 18.3 Å². The number of alkyl halides is 3. The zero-order valence-corrected chi connectivity index (χ0v) is 24.2. The fourth-order valence-electron chi connectivity index (χ4n) is 5.28. The molecule has 1 saturated carbocycles. The lowest BCUT2D eigenvalue weighted by Crippen LogP contribution is -2.53. The highest BCUT2D eigenvalue weighted by atomic mass is 35.5. The van der Waals surface area contributed by atoms with Crippen LogP contribution in [-0.2, 0) is 23.8 Å². The van der Waals surface area contributed by atoms with E-state index in [4.69, 9.17) is 17.3 Å². The third kappa shape index (κ3) is 6.85. The van der Waals surface area contributed by atoms with Crippen LogP contribution in [0.15, 0.2) is 24.4 Å². The number of nitrogens with two attached hydrogens (primary N) is 1. The van der Waals surface area contributed by atoms with Crippen molar-refractivity contribution in [3.05, 3.63) is 63.5 Å². The van der Waals surface area contributed by atoms with Crippen molar-refractivity contribution >= 4 is 35.0 Å². The number of hydrogen-bond acceptors (Lipinski definition) is 6. The summed E-state index contributed by atoms with van der Waals surface area (Å²) in [4.78, 5) is 48.1. The first kappa shape index (κ1) is 30.5. The highest BCUT2D eigenvalue weighted by Gasteiger charge is 2.38. The van der Waals surface area contributed by atoms with Crippen molar-refractivity contribution in [2.45, 2.75) is 51.2 Å². The van der Waals surface area contributed by atoms with Gasteiger partial charge in [0.05, 0.1) is 16.6 Å². The number of benzene rings is 1. The Morgan fingerprint density at radius 1 is 1.16 bits per heavy atom. The first-order valence-corrected chi connectivity index (χ1v) is 14.4. The number of aromatic amines is 2. The molecule has 0 radical (unpaired) electrons. The largest absolute Gasteiger partial charge is 0.435 e. The molecule has 5 rings (SSSR count). The normalized spacial score (nSPS) is 16.6. The number of amides is 3. The van der Waals surface area contributed by atoms with E-state index in [1.165, 1.54) is 24.4 Å². The molecule has 1 aliphatic heterocycles. The quantitative estimate of drug-likeness (QED) is 0.302. The molecule has 2 fully saturated rings. The monoisotopic (exact) mass is 620 g/mol. The second-order valence-corrected chi connectivity index (χ2v) is 11.4. The molecule has 1 aromatic carbocycles. The maximum atomic E-state index is 13.6. The summed E-state index contributed by atoms with van der Waals surface area (Å²) in [6.45, 7) is 3.01. The van der Waals surface area contributed by atoms with Crippen LogP contribution in [0.5, 0.6) is 0 Å². The van der Waals surface area contributed by atoms with E-state index in [2.05, 4.69) is 25.5 Å². The Kier molecular flexibility index (Phi) is 8.79. The van der Waals surface area contributed by atoms with Gasteiger partial charge in [0.2, 0.25) is 5.91 Å². The molecule has 230 valence electrons. The minimum Gasteiger partial charge on any atom is -0.338 e. The van der Waals surface area contributed by atoms with Gasteiger partial charge in [-0.25, -0.2) is 4.98 Å². The van der Waals surface area contributed by atoms with Gasteiger partial charge in [0.1, 0.15) is 0 Å². The number of hydrogen-bond donors (Lipinski definition) is 4. The molecule has 0 unspecified atom stereocenters. The topological polar surface area (TPSA) is 153 Å². The second kappa shape index (κ2) is 12.4. The lowest BCUT2D eigenvalue weighted by Gasteiger charge is -2.35. The number of imidazole rings is 1. The molecule has 0 spiro atoms. The predicted octanol–water partition coefficient (Wildman–Crippen LogP) is 3.62. The lowest BCUT2D eigenvalue weighted by atomic mass is 9.81. The van der Waals surface area contributed by atoms with Crippen molar-refractivity contribution in [3.63, 3.8) is 0 Å². The van der Waals surface area contributed by atoms with Gasteiger partial charge in [-0.3, -0.25) is 19.5 Å². The predicted molar refractivity (Wildman–Crippen MR) is 152 cm³/mol. The molecular weight excluding hydrogens is 589 g/mol. The Bertz CT molecular complexity index is 1510. The molecule has 15 heteroatoms. The Morgan fingerprint density at radius 2 is 1.86 bits per heavy atom. The summed E-state index contributed by atoms with van der Waals surface area (Å²) >= 11 is 6.39. The molecule has 43 heavy (non-hydrogen) atoms. The highest BCUT2D eigenvalue weighted by molar-refractivity contribution is 6.34. The smallest absolute Gasteiger partial charge is 0.338 e. The molecule has 11 nitrogen and oxygen atoms in total. The number of carbonyl (C=O) groups is 3. The number of H-pyrrole nitrogens is 2. The first-order valence-electron chi connectivity index (χ1n) is 14.0. The Hall–Kier alpha value is -3.91. The third-order valence-electron chi connectivity index (χ3n) is 7.88. The van der Waals surface area contributed by atoms with Gasteiger partial charge in [0.25, 0.3) is 11.8 Å². The second-order valence-electron chi connectivity index (χ2n) is 11.0. The number of nitrogens with one attached hydrogen (secondary N) is 3. The number of halogens is 4. The van der Waals surface area contributed by atoms with Crippen molar-refractivity contribution in [1.82, 2.24) is 30.0 Å². The number of anilines is 1. The molecule has 3 amide bonds. The van der Waals surface area contributed by atoms with E-state index in [0.29, 0.717) is 55.6 Å².